The number of benzene rings is 1. The fraction of sp³-hybridized carbons (Fsp3) is 0.467. The average molecular weight is 247 g/mol. The van der Waals surface area contributed by atoms with Gasteiger partial charge in [-0.3, -0.25) is 4.79 Å². The number of carboxylic acid groups (broad SMARTS) is 1. The number of carbonyl (C=O) groups is 2. The van der Waals surface area contributed by atoms with Gasteiger partial charge in [-0.05, 0) is 62.8 Å². The first-order valence-corrected chi connectivity index (χ1v) is 6.15. The molecule has 0 fully saturated rings. The lowest BCUT2D eigenvalue weighted by Crippen LogP contribution is -2.22. The molecule has 0 N–H and O–H groups in total. The molecule has 0 unspecified atom stereocenters. The highest BCUT2D eigenvalue weighted by Crippen LogP contribution is 2.23. The summed E-state index contributed by atoms with van der Waals surface area (Å²) in [6.07, 6.45) is 0.542. The predicted molar refractivity (Wildman–Crippen MR) is 68.6 cm³/mol. The van der Waals surface area contributed by atoms with Crippen molar-refractivity contribution in [2.75, 3.05) is 0 Å². The zero-order valence-corrected chi connectivity index (χ0v) is 11.4. The molecule has 98 valence electrons. The number of Topliss-reactive ketones (excluding diaryl/α,β-unsaturated/α-hetero) is 1. The van der Waals surface area contributed by atoms with E-state index in [9.17, 15) is 14.7 Å². The van der Waals surface area contributed by atoms with Crippen LogP contribution in [-0.4, -0.2) is 11.8 Å². The van der Waals surface area contributed by atoms with Crippen LogP contribution in [0.3, 0.4) is 0 Å². The van der Waals surface area contributed by atoms with Crippen molar-refractivity contribution >= 4 is 11.8 Å². The molecule has 0 amide bonds. The van der Waals surface area contributed by atoms with Gasteiger partial charge in [0, 0.05) is 18.0 Å². The molecule has 0 atom stereocenters. The predicted octanol–water partition coefficient (Wildman–Crippen LogP) is 2.02. The Labute approximate surface area is 108 Å². The minimum atomic E-state index is -1.10. The first kappa shape index (κ1) is 14.4. The van der Waals surface area contributed by atoms with E-state index < -0.39 is 5.97 Å². The Morgan fingerprint density at radius 2 is 1.50 bits per heavy atom. The fourth-order valence-corrected chi connectivity index (χ4v) is 2.15. The van der Waals surface area contributed by atoms with E-state index in [-0.39, 0.29) is 18.6 Å². The van der Waals surface area contributed by atoms with Crippen molar-refractivity contribution in [1.82, 2.24) is 0 Å². The molecule has 1 aromatic rings. The van der Waals surface area contributed by atoms with Crippen molar-refractivity contribution in [2.45, 2.75) is 47.0 Å². The monoisotopic (exact) mass is 247 g/mol. The second-order valence-corrected chi connectivity index (χ2v) is 4.78. The van der Waals surface area contributed by atoms with Crippen molar-refractivity contribution in [3.63, 3.8) is 0 Å². The van der Waals surface area contributed by atoms with Crippen molar-refractivity contribution in [2.24, 2.45) is 0 Å². The maximum Gasteiger partial charge on any atom is 0.163 e. The molecule has 0 radical (unpaired) electrons. The normalized spacial score (nSPS) is 10.4. The Morgan fingerprint density at radius 1 is 1.00 bits per heavy atom. The van der Waals surface area contributed by atoms with Crippen LogP contribution in [0.15, 0.2) is 6.07 Å². The minimum absolute atomic E-state index is 0.0260. The molecule has 0 saturated carbocycles. The molecular weight excluding hydrogens is 228 g/mol. The Bertz CT molecular complexity index is 461. The molecule has 0 spiro atoms. The maximum absolute atomic E-state index is 12.2. The quantitative estimate of drug-likeness (QED) is 0.748. The third-order valence-corrected chi connectivity index (χ3v) is 3.43. The molecule has 3 nitrogen and oxygen atoms in total. The van der Waals surface area contributed by atoms with Gasteiger partial charge in [-0.15, -0.1) is 0 Å². The summed E-state index contributed by atoms with van der Waals surface area (Å²) in [6.45, 7) is 7.85. The number of carbonyl (C=O) groups excluding carboxylic acids is 2. The van der Waals surface area contributed by atoms with Crippen LogP contribution in [0.4, 0.5) is 0 Å². The molecule has 0 aliphatic rings. The van der Waals surface area contributed by atoms with Gasteiger partial charge in [-0.1, -0.05) is 6.07 Å². The summed E-state index contributed by atoms with van der Waals surface area (Å²) >= 11 is 0. The molecular formula is C15H19O3-. The van der Waals surface area contributed by atoms with Crippen LogP contribution in [0.1, 0.15) is 51.9 Å². The highest BCUT2D eigenvalue weighted by Gasteiger charge is 2.15. The molecule has 0 saturated heterocycles. The van der Waals surface area contributed by atoms with E-state index in [4.69, 9.17) is 0 Å². The maximum atomic E-state index is 12.2. The van der Waals surface area contributed by atoms with Crippen LogP contribution in [0.25, 0.3) is 0 Å². The number of hydrogen-bond acceptors (Lipinski definition) is 3. The van der Waals surface area contributed by atoms with E-state index in [0.717, 1.165) is 27.8 Å². The smallest absolute Gasteiger partial charge is 0.163 e. The van der Waals surface area contributed by atoms with Crippen LogP contribution in [0.2, 0.25) is 0 Å². The molecule has 1 aromatic carbocycles. The van der Waals surface area contributed by atoms with E-state index in [1.54, 1.807) is 0 Å². The van der Waals surface area contributed by atoms with E-state index >= 15 is 0 Å². The first-order chi connectivity index (χ1) is 8.34. The number of carboxylic acids is 1. The fourth-order valence-electron chi connectivity index (χ4n) is 2.15. The van der Waals surface area contributed by atoms with Gasteiger partial charge in [-0.25, -0.2) is 0 Å². The third kappa shape index (κ3) is 3.19. The van der Waals surface area contributed by atoms with Gasteiger partial charge >= 0.3 is 0 Å². The van der Waals surface area contributed by atoms with E-state index in [1.807, 2.05) is 27.7 Å². The van der Waals surface area contributed by atoms with Gasteiger partial charge in [0.1, 0.15) is 0 Å². The summed E-state index contributed by atoms with van der Waals surface area (Å²) in [6, 6.07) is 2.07. The van der Waals surface area contributed by atoms with Gasteiger partial charge in [0.15, 0.2) is 5.78 Å². The third-order valence-electron chi connectivity index (χ3n) is 3.43. The number of aryl methyl sites for hydroxylation is 2. The van der Waals surface area contributed by atoms with E-state index in [0.29, 0.717) is 6.42 Å². The molecule has 0 aromatic heterocycles. The lowest BCUT2D eigenvalue weighted by atomic mass is 9.90. The molecule has 1 rings (SSSR count). The van der Waals surface area contributed by atoms with Gasteiger partial charge in [0.25, 0.3) is 0 Å². The largest absolute Gasteiger partial charge is 0.550 e. The summed E-state index contributed by atoms with van der Waals surface area (Å²) in [5.74, 6) is -1.07. The van der Waals surface area contributed by atoms with E-state index in [2.05, 4.69) is 6.07 Å². The molecule has 0 aliphatic carbocycles. The molecule has 0 heterocycles. The lowest BCUT2D eigenvalue weighted by molar-refractivity contribution is -0.305. The topological polar surface area (TPSA) is 57.2 Å². The number of rotatable bonds is 5. The van der Waals surface area contributed by atoms with Crippen LogP contribution < -0.4 is 5.11 Å². The molecule has 0 bridgehead atoms. The summed E-state index contributed by atoms with van der Waals surface area (Å²) in [5, 5.41) is 10.3. The molecule has 3 heteroatoms. The highest BCUT2D eigenvalue weighted by molar-refractivity contribution is 5.99. The summed E-state index contributed by atoms with van der Waals surface area (Å²) in [7, 11) is 0. The Balaban J connectivity index is 2.95. The SMILES string of the molecule is Cc1cc(C)c(C)c(C(=O)CCCC(=O)[O-])c1C. The summed E-state index contributed by atoms with van der Waals surface area (Å²) in [4.78, 5) is 22.5. The van der Waals surface area contributed by atoms with E-state index in [1.165, 1.54) is 0 Å². The zero-order valence-electron chi connectivity index (χ0n) is 11.4. The number of aliphatic carboxylic acids is 1. The van der Waals surface area contributed by atoms with Gasteiger partial charge in [0.2, 0.25) is 0 Å². The Hall–Kier alpha value is -1.64. The average Bonchev–Trinajstić information content (AvgIpc) is 2.26. The minimum Gasteiger partial charge on any atom is -0.550 e. The Morgan fingerprint density at radius 3 is 1.94 bits per heavy atom. The molecule has 18 heavy (non-hydrogen) atoms. The second-order valence-electron chi connectivity index (χ2n) is 4.78. The van der Waals surface area contributed by atoms with Gasteiger partial charge in [-0.2, -0.15) is 0 Å². The number of ketones is 1. The summed E-state index contributed by atoms with van der Waals surface area (Å²) < 4.78 is 0. The Kier molecular flexibility index (Phi) is 4.65. The standard InChI is InChI=1S/C15H20O3/c1-9-8-10(2)12(4)15(11(9)3)13(16)6-5-7-14(17)18/h8H,5-7H2,1-4H3,(H,17,18)/p-1. The molecule has 0 aliphatic heterocycles. The van der Waals surface area contributed by atoms with Crippen molar-refractivity contribution in [1.29, 1.82) is 0 Å². The van der Waals surface area contributed by atoms with Crippen LogP contribution in [0.5, 0.6) is 0 Å². The van der Waals surface area contributed by atoms with Gasteiger partial charge in [0.05, 0.1) is 0 Å². The van der Waals surface area contributed by atoms with Crippen molar-refractivity contribution < 1.29 is 14.7 Å². The zero-order chi connectivity index (χ0) is 13.9. The van der Waals surface area contributed by atoms with Crippen LogP contribution in [0, 0.1) is 27.7 Å². The van der Waals surface area contributed by atoms with Gasteiger partial charge < -0.3 is 9.90 Å². The van der Waals surface area contributed by atoms with Crippen LogP contribution >= 0.6 is 0 Å². The second kappa shape index (κ2) is 5.80. The van der Waals surface area contributed by atoms with Crippen molar-refractivity contribution in [3.05, 3.63) is 33.9 Å². The van der Waals surface area contributed by atoms with Crippen LogP contribution in [-0.2, 0) is 4.79 Å². The first-order valence-electron chi connectivity index (χ1n) is 6.15. The highest BCUT2D eigenvalue weighted by atomic mass is 16.4. The lowest BCUT2D eigenvalue weighted by Gasteiger charge is -2.14. The summed E-state index contributed by atoms with van der Waals surface area (Å²) in [5.41, 5.74) is 4.95. The number of hydrogen-bond donors (Lipinski definition) is 0. The van der Waals surface area contributed by atoms with Crippen molar-refractivity contribution in [3.8, 4) is 0 Å².